The fourth-order valence-corrected chi connectivity index (χ4v) is 2.16. The average Bonchev–Trinajstić information content (AvgIpc) is 2.31. The highest BCUT2D eigenvalue weighted by atomic mass is 35.5. The van der Waals surface area contributed by atoms with E-state index in [1.165, 1.54) is 12.0 Å². The highest BCUT2D eigenvalue weighted by Gasteiger charge is 2.09. The zero-order valence-electron chi connectivity index (χ0n) is 11.0. The third-order valence-electron chi connectivity index (χ3n) is 3.01. The Balaban J connectivity index is 2.42. The molecule has 2 nitrogen and oxygen atoms in total. The van der Waals surface area contributed by atoms with Crippen molar-refractivity contribution in [2.75, 3.05) is 27.2 Å². The number of rotatable bonds is 7. The molecule has 0 spiro atoms. The molecule has 0 aromatic heterocycles. The highest BCUT2D eigenvalue weighted by Crippen LogP contribution is 2.12. The van der Waals surface area contributed by atoms with Crippen LogP contribution in [0.15, 0.2) is 24.3 Å². The molecule has 1 N–H and O–H groups in total. The number of halogens is 1. The average molecular weight is 255 g/mol. The lowest BCUT2D eigenvalue weighted by Crippen LogP contribution is -2.30. The summed E-state index contributed by atoms with van der Waals surface area (Å²) in [7, 11) is 4.19. The first-order chi connectivity index (χ1) is 8.15. The summed E-state index contributed by atoms with van der Waals surface area (Å²) in [5.41, 5.74) is 1.32. The molecule has 1 rings (SSSR count). The van der Waals surface area contributed by atoms with E-state index in [2.05, 4.69) is 36.3 Å². The van der Waals surface area contributed by atoms with Crippen LogP contribution in [-0.4, -0.2) is 32.1 Å². The predicted octanol–water partition coefficient (Wildman–Crippen LogP) is 3.02. The summed E-state index contributed by atoms with van der Waals surface area (Å²) in [6.07, 6.45) is 1.21. The van der Waals surface area contributed by atoms with Crippen molar-refractivity contribution in [2.45, 2.75) is 19.9 Å². The Morgan fingerprint density at radius 3 is 2.47 bits per heavy atom. The normalized spacial score (nSPS) is 13.0. The molecular weight excluding hydrogens is 232 g/mol. The second-order valence-corrected chi connectivity index (χ2v) is 5.09. The fraction of sp³-hybridized carbons (Fsp3) is 0.571. The third kappa shape index (κ3) is 5.53. The van der Waals surface area contributed by atoms with E-state index in [-0.39, 0.29) is 0 Å². The van der Waals surface area contributed by atoms with E-state index >= 15 is 0 Å². The van der Waals surface area contributed by atoms with Gasteiger partial charge in [0.25, 0.3) is 0 Å². The molecule has 1 aromatic carbocycles. The van der Waals surface area contributed by atoms with E-state index in [4.69, 9.17) is 11.6 Å². The lowest BCUT2D eigenvalue weighted by atomic mass is 10.1. The van der Waals surface area contributed by atoms with Crippen LogP contribution in [0.3, 0.4) is 0 Å². The Bertz CT molecular complexity index is 311. The maximum Gasteiger partial charge on any atom is 0.0406 e. The molecule has 3 heteroatoms. The monoisotopic (exact) mass is 254 g/mol. The van der Waals surface area contributed by atoms with Gasteiger partial charge in [-0.25, -0.2) is 0 Å². The molecule has 1 aromatic rings. The summed E-state index contributed by atoms with van der Waals surface area (Å²) in [5.74, 6) is 0.720. The summed E-state index contributed by atoms with van der Waals surface area (Å²) in [6, 6.07) is 8.10. The van der Waals surface area contributed by atoms with Crippen LogP contribution >= 0.6 is 11.6 Å². The molecule has 0 saturated heterocycles. The maximum absolute atomic E-state index is 5.87. The van der Waals surface area contributed by atoms with Gasteiger partial charge in [-0.05, 0) is 44.3 Å². The van der Waals surface area contributed by atoms with Gasteiger partial charge in [0, 0.05) is 18.1 Å². The van der Waals surface area contributed by atoms with Gasteiger partial charge in [0.05, 0.1) is 0 Å². The molecule has 0 aliphatic carbocycles. The Morgan fingerprint density at radius 2 is 1.94 bits per heavy atom. The van der Waals surface area contributed by atoms with Crippen LogP contribution in [-0.2, 0) is 6.54 Å². The number of hydrogen-bond donors (Lipinski definition) is 1. The Hall–Kier alpha value is -0.570. The van der Waals surface area contributed by atoms with E-state index in [1.54, 1.807) is 0 Å². The quantitative estimate of drug-likeness (QED) is 0.805. The fourth-order valence-electron chi connectivity index (χ4n) is 2.03. The molecule has 0 fully saturated rings. The van der Waals surface area contributed by atoms with Crippen molar-refractivity contribution in [3.05, 3.63) is 34.9 Å². The SMILES string of the molecule is CCC(CNC)CN(C)Cc1ccc(Cl)cc1. The van der Waals surface area contributed by atoms with E-state index in [0.717, 1.165) is 30.6 Å². The summed E-state index contributed by atoms with van der Waals surface area (Å²) < 4.78 is 0. The van der Waals surface area contributed by atoms with Crippen LogP contribution in [0.25, 0.3) is 0 Å². The van der Waals surface area contributed by atoms with Gasteiger partial charge < -0.3 is 10.2 Å². The van der Waals surface area contributed by atoms with E-state index in [0.29, 0.717) is 0 Å². The van der Waals surface area contributed by atoms with E-state index < -0.39 is 0 Å². The van der Waals surface area contributed by atoms with E-state index in [9.17, 15) is 0 Å². The van der Waals surface area contributed by atoms with Gasteiger partial charge in [-0.1, -0.05) is 37.1 Å². The van der Waals surface area contributed by atoms with Crippen LogP contribution < -0.4 is 5.32 Å². The summed E-state index contributed by atoms with van der Waals surface area (Å²) in [4.78, 5) is 2.37. The van der Waals surface area contributed by atoms with Gasteiger partial charge in [-0.2, -0.15) is 0 Å². The number of hydrogen-bond acceptors (Lipinski definition) is 2. The molecule has 0 amide bonds. The lowest BCUT2D eigenvalue weighted by molar-refractivity contribution is 0.262. The second-order valence-electron chi connectivity index (χ2n) is 4.66. The topological polar surface area (TPSA) is 15.3 Å². The Kier molecular flexibility index (Phi) is 6.56. The standard InChI is InChI=1S/C14H23ClN2/c1-4-12(9-16-2)10-17(3)11-13-5-7-14(15)8-6-13/h5-8,12,16H,4,9-11H2,1-3H3. The van der Waals surface area contributed by atoms with E-state index in [1.807, 2.05) is 19.2 Å². The van der Waals surface area contributed by atoms with Crippen LogP contribution in [0.4, 0.5) is 0 Å². The predicted molar refractivity (Wildman–Crippen MR) is 75.5 cm³/mol. The third-order valence-corrected chi connectivity index (χ3v) is 3.26. The number of nitrogens with zero attached hydrogens (tertiary/aromatic N) is 1. The van der Waals surface area contributed by atoms with Gasteiger partial charge in [0.1, 0.15) is 0 Å². The largest absolute Gasteiger partial charge is 0.319 e. The van der Waals surface area contributed by atoms with Crippen LogP contribution in [0, 0.1) is 5.92 Å². The van der Waals surface area contributed by atoms with Crippen molar-refractivity contribution >= 4 is 11.6 Å². The molecule has 0 radical (unpaired) electrons. The highest BCUT2D eigenvalue weighted by molar-refractivity contribution is 6.30. The van der Waals surface area contributed by atoms with Gasteiger partial charge in [-0.15, -0.1) is 0 Å². The van der Waals surface area contributed by atoms with Crippen LogP contribution in [0.2, 0.25) is 5.02 Å². The van der Waals surface area contributed by atoms with Gasteiger partial charge in [-0.3, -0.25) is 0 Å². The zero-order valence-corrected chi connectivity index (χ0v) is 11.8. The number of benzene rings is 1. The lowest BCUT2D eigenvalue weighted by Gasteiger charge is -2.23. The summed E-state index contributed by atoms with van der Waals surface area (Å²) in [6.45, 7) is 5.44. The molecule has 0 saturated carbocycles. The minimum absolute atomic E-state index is 0.720. The molecule has 0 aliphatic rings. The maximum atomic E-state index is 5.87. The molecule has 1 unspecified atom stereocenters. The number of nitrogens with one attached hydrogen (secondary N) is 1. The molecule has 0 heterocycles. The van der Waals surface area contributed by atoms with Crippen LogP contribution in [0.5, 0.6) is 0 Å². The first-order valence-electron chi connectivity index (χ1n) is 6.23. The summed E-state index contributed by atoms with van der Waals surface area (Å²) >= 11 is 5.87. The van der Waals surface area contributed by atoms with Gasteiger partial charge in [0.2, 0.25) is 0 Å². The molecule has 96 valence electrons. The smallest absolute Gasteiger partial charge is 0.0406 e. The Labute approximate surface area is 110 Å². The summed E-state index contributed by atoms with van der Waals surface area (Å²) in [5, 5.41) is 4.06. The van der Waals surface area contributed by atoms with Crippen molar-refractivity contribution in [3.63, 3.8) is 0 Å². The molecule has 17 heavy (non-hydrogen) atoms. The first-order valence-corrected chi connectivity index (χ1v) is 6.61. The van der Waals surface area contributed by atoms with Crippen molar-refractivity contribution in [3.8, 4) is 0 Å². The molecule has 0 aliphatic heterocycles. The minimum Gasteiger partial charge on any atom is -0.319 e. The molecular formula is C14H23ClN2. The van der Waals surface area contributed by atoms with Crippen molar-refractivity contribution in [1.82, 2.24) is 10.2 Å². The van der Waals surface area contributed by atoms with Gasteiger partial charge >= 0.3 is 0 Å². The second kappa shape index (κ2) is 7.70. The van der Waals surface area contributed by atoms with Gasteiger partial charge in [0.15, 0.2) is 0 Å². The van der Waals surface area contributed by atoms with Crippen LogP contribution in [0.1, 0.15) is 18.9 Å². The zero-order chi connectivity index (χ0) is 12.7. The van der Waals surface area contributed by atoms with Crippen molar-refractivity contribution < 1.29 is 0 Å². The van der Waals surface area contributed by atoms with Crippen molar-refractivity contribution in [2.24, 2.45) is 5.92 Å². The first kappa shape index (κ1) is 14.5. The minimum atomic E-state index is 0.720. The molecule has 0 bridgehead atoms. The van der Waals surface area contributed by atoms with Crippen molar-refractivity contribution in [1.29, 1.82) is 0 Å². The Morgan fingerprint density at radius 1 is 1.29 bits per heavy atom. The molecule has 1 atom stereocenters.